The van der Waals surface area contributed by atoms with E-state index in [0.717, 1.165) is 13.1 Å². The molecule has 21 heavy (non-hydrogen) atoms. The third-order valence-corrected chi connectivity index (χ3v) is 3.67. The van der Waals surface area contributed by atoms with E-state index in [1.165, 1.54) is 12.8 Å². The second kappa shape index (κ2) is 7.26. The van der Waals surface area contributed by atoms with Crippen LogP contribution >= 0.6 is 0 Å². The first-order valence-corrected chi connectivity index (χ1v) is 7.55. The first kappa shape index (κ1) is 15.6. The van der Waals surface area contributed by atoms with E-state index in [1.807, 2.05) is 6.92 Å². The smallest absolute Gasteiger partial charge is 0.333 e. The third-order valence-electron chi connectivity index (χ3n) is 3.67. The summed E-state index contributed by atoms with van der Waals surface area (Å²) in [4.78, 5) is 13.3. The van der Waals surface area contributed by atoms with Gasteiger partial charge in [0.2, 0.25) is 0 Å². The van der Waals surface area contributed by atoms with Crippen LogP contribution in [0.4, 0.5) is 11.4 Å². The van der Waals surface area contributed by atoms with Crippen LogP contribution in [0.2, 0.25) is 0 Å². The largest absolute Gasteiger partial charge is 0.487 e. The Morgan fingerprint density at radius 3 is 2.76 bits per heavy atom. The minimum Gasteiger partial charge on any atom is -0.487 e. The lowest BCUT2D eigenvalue weighted by atomic mass is 10.2. The van der Waals surface area contributed by atoms with Gasteiger partial charge in [-0.1, -0.05) is 13.0 Å². The predicted octanol–water partition coefficient (Wildman–Crippen LogP) is 2.89. The molecule has 0 atom stereocenters. The molecule has 0 amide bonds. The molecule has 1 aliphatic rings. The van der Waals surface area contributed by atoms with Crippen LogP contribution in [0.5, 0.6) is 5.75 Å². The summed E-state index contributed by atoms with van der Waals surface area (Å²) >= 11 is 0. The van der Waals surface area contributed by atoms with Gasteiger partial charge in [0, 0.05) is 19.1 Å². The van der Waals surface area contributed by atoms with Crippen LogP contribution in [0.15, 0.2) is 18.2 Å². The van der Waals surface area contributed by atoms with E-state index in [4.69, 9.17) is 4.74 Å². The van der Waals surface area contributed by atoms with Gasteiger partial charge in [0.1, 0.15) is 5.69 Å². The SMILES string of the molecule is CCOc1cccc(NCCN(CC)C2CC2)c1[N+](=O)[O-]. The molecule has 2 rings (SSSR count). The number of likely N-dealkylation sites (N-methyl/N-ethyl adjacent to an activating group) is 1. The Balaban J connectivity index is 2.01. The van der Waals surface area contributed by atoms with Gasteiger partial charge in [-0.25, -0.2) is 0 Å². The van der Waals surface area contributed by atoms with Crippen molar-refractivity contribution in [1.29, 1.82) is 0 Å². The van der Waals surface area contributed by atoms with Crippen molar-refractivity contribution in [3.05, 3.63) is 28.3 Å². The quantitative estimate of drug-likeness (QED) is 0.560. The number of para-hydroxylation sites is 1. The van der Waals surface area contributed by atoms with E-state index in [2.05, 4.69) is 17.1 Å². The highest BCUT2D eigenvalue weighted by Gasteiger charge is 2.27. The van der Waals surface area contributed by atoms with Gasteiger partial charge in [-0.05, 0) is 38.4 Å². The highest BCUT2D eigenvalue weighted by molar-refractivity contribution is 5.68. The van der Waals surface area contributed by atoms with Crippen molar-refractivity contribution in [3.8, 4) is 5.75 Å². The molecule has 1 aliphatic carbocycles. The summed E-state index contributed by atoms with van der Waals surface area (Å²) < 4.78 is 5.34. The van der Waals surface area contributed by atoms with Crippen molar-refractivity contribution in [2.75, 3.05) is 31.6 Å². The first-order chi connectivity index (χ1) is 10.2. The number of hydrogen-bond acceptors (Lipinski definition) is 5. The molecule has 1 saturated carbocycles. The van der Waals surface area contributed by atoms with Crippen molar-refractivity contribution in [2.45, 2.75) is 32.7 Å². The fraction of sp³-hybridized carbons (Fsp3) is 0.600. The Labute approximate surface area is 125 Å². The summed E-state index contributed by atoms with van der Waals surface area (Å²) in [5, 5.41) is 14.4. The fourth-order valence-electron chi connectivity index (χ4n) is 2.50. The van der Waals surface area contributed by atoms with Crippen LogP contribution in [0, 0.1) is 10.1 Å². The molecule has 1 N–H and O–H groups in total. The fourth-order valence-corrected chi connectivity index (χ4v) is 2.50. The topological polar surface area (TPSA) is 67.6 Å². The normalized spacial score (nSPS) is 14.2. The molecule has 0 heterocycles. The zero-order valence-electron chi connectivity index (χ0n) is 12.7. The number of nitro benzene ring substituents is 1. The summed E-state index contributed by atoms with van der Waals surface area (Å²) in [6.07, 6.45) is 2.54. The zero-order valence-corrected chi connectivity index (χ0v) is 12.7. The molecule has 0 spiro atoms. The van der Waals surface area contributed by atoms with Gasteiger partial charge >= 0.3 is 5.69 Å². The molecular weight excluding hydrogens is 270 g/mol. The predicted molar refractivity (Wildman–Crippen MR) is 83.0 cm³/mol. The average Bonchev–Trinajstić information content (AvgIpc) is 3.28. The third kappa shape index (κ3) is 4.07. The number of rotatable bonds is 9. The Hall–Kier alpha value is -1.82. The lowest BCUT2D eigenvalue weighted by Crippen LogP contribution is -2.31. The molecule has 6 nitrogen and oxygen atoms in total. The summed E-state index contributed by atoms with van der Waals surface area (Å²) in [7, 11) is 0. The molecule has 0 aromatic heterocycles. The second-order valence-electron chi connectivity index (χ2n) is 5.13. The van der Waals surface area contributed by atoms with Crippen LogP contribution in [0.3, 0.4) is 0 Å². The number of benzene rings is 1. The highest BCUT2D eigenvalue weighted by atomic mass is 16.6. The molecule has 0 bridgehead atoms. The standard InChI is InChI=1S/C15H23N3O3/c1-3-17(12-8-9-12)11-10-16-13-6-5-7-14(21-4-2)15(13)18(19)20/h5-7,12,16H,3-4,8-11H2,1-2H3. The summed E-state index contributed by atoms with van der Waals surface area (Å²) in [6.45, 7) is 7.00. The number of nitrogens with zero attached hydrogens (tertiary/aromatic N) is 2. The number of nitro groups is 1. The van der Waals surface area contributed by atoms with Crippen LogP contribution in [0.1, 0.15) is 26.7 Å². The van der Waals surface area contributed by atoms with E-state index >= 15 is 0 Å². The van der Waals surface area contributed by atoms with Crippen molar-refractivity contribution in [1.82, 2.24) is 4.90 Å². The number of nitrogens with one attached hydrogen (secondary N) is 1. The van der Waals surface area contributed by atoms with Gasteiger partial charge in [-0.3, -0.25) is 15.0 Å². The number of hydrogen-bond donors (Lipinski definition) is 1. The zero-order chi connectivity index (χ0) is 15.2. The van der Waals surface area contributed by atoms with Gasteiger partial charge in [-0.2, -0.15) is 0 Å². The van der Waals surface area contributed by atoms with Gasteiger partial charge in [0.15, 0.2) is 5.75 Å². The van der Waals surface area contributed by atoms with Crippen LogP contribution in [-0.2, 0) is 0 Å². The van der Waals surface area contributed by atoms with E-state index in [1.54, 1.807) is 18.2 Å². The maximum Gasteiger partial charge on any atom is 0.333 e. The summed E-state index contributed by atoms with van der Waals surface area (Å²) in [5.41, 5.74) is 0.548. The molecule has 6 heteroatoms. The molecule has 116 valence electrons. The van der Waals surface area contributed by atoms with Crippen molar-refractivity contribution in [3.63, 3.8) is 0 Å². The Kier molecular flexibility index (Phi) is 5.38. The lowest BCUT2D eigenvalue weighted by molar-refractivity contribution is -0.384. The summed E-state index contributed by atoms with van der Waals surface area (Å²) in [6, 6.07) is 5.85. The Morgan fingerprint density at radius 2 is 2.19 bits per heavy atom. The first-order valence-electron chi connectivity index (χ1n) is 7.55. The maximum atomic E-state index is 11.3. The number of anilines is 1. The average molecular weight is 293 g/mol. The Bertz CT molecular complexity index is 489. The van der Waals surface area contributed by atoms with Gasteiger partial charge in [0.05, 0.1) is 11.5 Å². The minimum absolute atomic E-state index is 0.0221. The highest BCUT2D eigenvalue weighted by Crippen LogP contribution is 2.34. The summed E-state index contributed by atoms with van der Waals surface area (Å²) in [5.74, 6) is 0.321. The molecule has 0 aliphatic heterocycles. The monoisotopic (exact) mass is 293 g/mol. The Morgan fingerprint density at radius 1 is 1.43 bits per heavy atom. The van der Waals surface area contributed by atoms with Gasteiger partial charge in [-0.15, -0.1) is 0 Å². The van der Waals surface area contributed by atoms with Gasteiger partial charge in [0.25, 0.3) is 0 Å². The minimum atomic E-state index is -0.383. The van der Waals surface area contributed by atoms with E-state index < -0.39 is 0 Å². The van der Waals surface area contributed by atoms with Crippen molar-refractivity contribution < 1.29 is 9.66 Å². The maximum absolute atomic E-state index is 11.3. The van der Waals surface area contributed by atoms with Crippen molar-refractivity contribution in [2.24, 2.45) is 0 Å². The second-order valence-corrected chi connectivity index (χ2v) is 5.13. The molecule has 0 radical (unpaired) electrons. The molecule has 0 unspecified atom stereocenters. The van der Waals surface area contributed by atoms with E-state index in [9.17, 15) is 10.1 Å². The number of ether oxygens (including phenoxy) is 1. The van der Waals surface area contributed by atoms with Crippen molar-refractivity contribution >= 4 is 11.4 Å². The van der Waals surface area contributed by atoms with E-state index in [-0.39, 0.29) is 10.6 Å². The molecule has 1 aromatic carbocycles. The van der Waals surface area contributed by atoms with Crippen LogP contribution in [-0.4, -0.2) is 42.1 Å². The molecular formula is C15H23N3O3. The lowest BCUT2D eigenvalue weighted by Gasteiger charge is -2.20. The van der Waals surface area contributed by atoms with Crippen LogP contribution < -0.4 is 10.1 Å². The van der Waals surface area contributed by atoms with Crippen LogP contribution in [0.25, 0.3) is 0 Å². The van der Waals surface area contributed by atoms with Gasteiger partial charge < -0.3 is 10.1 Å². The van der Waals surface area contributed by atoms with E-state index in [0.29, 0.717) is 30.6 Å². The molecule has 1 fully saturated rings. The molecule has 1 aromatic rings. The molecule has 0 saturated heterocycles.